The van der Waals surface area contributed by atoms with Crippen LogP contribution in [-0.2, 0) is 6.18 Å². The number of hydrogen-bond acceptors (Lipinski definition) is 2. The molecular formula is C14H11BrF3NO. The minimum absolute atomic E-state index is 0.0376. The van der Waals surface area contributed by atoms with E-state index in [2.05, 4.69) is 15.9 Å². The highest BCUT2D eigenvalue weighted by molar-refractivity contribution is 9.10. The van der Waals surface area contributed by atoms with Crippen LogP contribution in [0.3, 0.4) is 0 Å². The normalized spacial score (nSPS) is 11.4. The van der Waals surface area contributed by atoms with Crippen LogP contribution in [0.15, 0.2) is 40.9 Å². The van der Waals surface area contributed by atoms with Gasteiger partial charge in [0.1, 0.15) is 17.1 Å². The van der Waals surface area contributed by atoms with Crippen molar-refractivity contribution < 1.29 is 17.9 Å². The summed E-state index contributed by atoms with van der Waals surface area (Å²) in [7, 11) is 0. The fourth-order valence-electron chi connectivity index (χ4n) is 1.66. The third-order valence-corrected chi connectivity index (χ3v) is 3.17. The molecule has 6 heteroatoms. The molecule has 2 N–H and O–H groups in total. The first-order chi connectivity index (χ1) is 9.27. The molecule has 0 bridgehead atoms. The zero-order valence-corrected chi connectivity index (χ0v) is 12.0. The van der Waals surface area contributed by atoms with Gasteiger partial charge in [0.2, 0.25) is 0 Å². The Balaban J connectivity index is 2.46. The van der Waals surface area contributed by atoms with Gasteiger partial charge < -0.3 is 10.5 Å². The third-order valence-electron chi connectivity index (χ3n) is 2.68. The average molecular weight is 346 g/mol. The van der Waals surface area contributed by atoms with Crippen LogP contribution in [0.25, 0.3) is 0 Å². The lowest BCUT2D eigenvalue weighted by atomic mass is 10.1. The van der Waals surface area contributed by atoms with Crippen LogP contribution in [-0.4, -0.2) is 0 Å². The predicted octanol–water partition coefficient (Wildman–Crippen LogP) is 5.15. The molecule has 0 atom stereocenters. The number of benzene rings is 2. The SMILES string of the molecule is Cc1ccc(Br)cc1Oc1ccc(N)cc1C(F)(F)F. The van der Waals surface area contributed by atoms with Crippen molar-refractivity contribution in [1.82, 2.24) is 0 Å². The van der Waals surface area contributed by atoms with Crippen molar-refractivity contribution in [3.05, 3.63) is 52.0 Å². The van der Waals surface area contributed by atoms with Crippen LogP contribution < -0.4 is 10.5 Å². The smallest absolute Gasteiger partial charge is 0.420 e. The van der Waals surface area contributed by atoms with Gasteiger partial charge in [0, 0.05) is 10.2 Å². The minimum atomic E-state index is -4.52. The molecule has 0 heterocycles. The Bertz CT molecular complexity index is 641. The molecule has 0 fully saturated rings. The second kappa shape index (κ2) is 5.36. The van der Waals surface area contributed by atoms with Crippen LogP contribution >= 0.6 is 15.9 Å². The van der Waals surface area contributed by atoms with Gasteiger partial charge in [-0.3, -0.25) is 0 Å². The first-order valence-corrected chi connectivity index (χ1v) is 6.47. The summed E-state index contributed by atoms with van der Waals surface area (Å²) in [5, 5.41) is 0. The number of ether oxygens (including phenoxy) is 1. The molecule has 0 spiro atoms. The number of rotatable bonds is 2. The lowest BCUT2D eigenvalue weighted by Crippen LogP contribution is -2.08. The fourth-order valence-corrected chi connectivity index (χ4v) is 2.00. The number of alkyl halides is 3. The highest BCUT2D eigenvalue weighted by atomic mass is 79.9. The summed E-state index contributed by atoms with van der Waals surface area (Å²) in [6.45, 7) is 1.76. The molecule has 0 saturated carbocycles. The van der Waals surface area contributed by atoms with Gasteiger partial charge in [-0.15, -0.1) is 0 Å². The Kier molecular flexibility index (Phi) is 3.94. The van der Waals surface area contributed by atoms with E-state index in [-0.39, 0.29) is 11.4 Å². The van der Waals surface area contributed by atoms with Crippen molar-refractivity contribution in [3.8, 4) is 11.5 Å². The second-order valence-corrected chi connectivity index (χ2v) is 5.18. The second-order valence-electron chi connectivity index (χ2n) is 4.27. The number of anilines is 1. The van der Waals surface area contributed by atoms with E-state index in [1.54, 1.807) is 25.1 Å². The van der Waals surface area contributed by atoms with Crippen molar-refractivity contribution in [3.63, 3.8) is 0 Å². The molecule has 0 radical (unpaired) electrons. The minimum Gasteiger partial charge on any atom is -0.456 e. The van der Waals surface area contributed by atoms with Gasteiger partial charge >= 0.3 is 6.18 Å². The Hall–Kier alpha value is -1.69. The molecule has 2 aromatic carbocycles. The van der Waals surface area contributed by atoms with E-state index >= 15 is 0 Å². The molecule has 0 aliphatic carbocycles. The van der Waals surface area contributed by atoms with Gasteiger partial charge in [-0.05, 0) is 42.8 Å². The van der Waals surface area contributed by atoms with E-state index in [1.807, 2.05) is 0 Å². The first-order valence-electron chi connectivity index (χ1n) is 5.68. The van der Waals surface area contributed by atoms with E-state index in [4.69, 9.17) is 10.5 Å². The van der Waals surface area contributed by atoms with E-state index in [0.717, 1.165) is 16.1 Å². The summed E-state index contributed by atoms with van der Waals surface area (Å²) in [5.41, 5.74) is 5.29. The lowest BCUT2D eigenvalue weighted by molar-refractivity contribution is -0.138. The highest BCUT2D eigenvalue weighted by Gasteiger charge is 2.34. The first kappa shape index (κ1) is 14.7. The Morgan fingerprint density at radius 2 is 1.75 bits per heavy atom. The fraction of sp³-hybridized carbons (Fsp3) is 0.143. The molecule has 0 amide bonds. The number of halogens is 4. The van der Waals surface area contributed by atoms with E-state index in [0.29, 0.717) is 5.75 Å². The molecule has 0 aliphatic rings. The monoisotopic (exact) mass is 345 g/mol. The van der Waals surface area contributed by atoms with Gasteiger partial charge in [-0.1, -0.05) is 22.0 Å². The van der Waals surface area contributed by atoms with Gasteiger partial charge in [0.15, 0.2) is 0 Å². The third kappa shape index (κ3) is 3.25. The van der Waals surface area contributed by atoms with Gasteiger partial charge in [-0.25, -0.2) is 0 Å². The van der Waals surface area contributed by atoms with E-state index in [9.17, 15) is 13.2 Å². The summed E-state index contributed by atoms with van der Waals surface area (Å²) in [6, 6.07) is 8.62. The average Bonchev–Trinajstić information content (AvgIpc) is 2.34. The molecule has 106 valence electrons. The molecule has 0 aromatic heterocycles. The largest absolute Gasteiger partial charge is 0.456 e. The van der Waals surface area contributed by atoms with Crippen LogP contribution in [0.4, 0.5) is 18.9 Å². The molecule has 2 rings (SSSR count). The van der Waals surface area contributed by atoms with E-state index in [1.165, 1.54) is 12.1 Å². The zero-order chi connectivity index (χ0) is 14.9. The molecule has 0 unspecified atom stereocenters. The molecule has 0 saturated heterocycles. The quantitative estimate of drug-likeness (QED) is 0.763. The number of hydrogen-bond donors (Lipinski definition) is 1. The maximum absolute atomic E-state index is 13.0. The summed E-state index contributed by atoms with van der Waals surface area (Å²) in [4.78, 5) is 0. The molecule has 2 nitrogen and oxygen atoms in total. The van der Waals surface area contributed by atoms with Crippen molar-refractivity contribution in [1.29, 1.82) is 0 Å². The molecule has 20 heavy (non-hydrogen) atoms. The number of aryl methyl sites for hydroxylation is 1. The summed E-state index contributed by atoms with van der Waals surface area (Å²) >= 11 is 3.26. The summed E-state index contributed by atoms with van der Waals surface area (Å²) in [6.07, 6.45) is -4.52. The van der Waals surface area contributed by atoms with Crippen LogP contribution in [0.2, 0.25) is 0 Å². The Morgan fingerprint density at radius 3 is 2.40 bits per heavy atom. The molecular weight excluding hydrogens is 335 g/mol. The van der Waals surface area contributed by atoms with Crippen molar-refractivity contribution in [2.45, 2.75) is 13.1 Å². The maximum atomic E-state index is 13.0. The molecule has 2 aromatic rings. The van der Waals surface area contributed by atoms with Crippen molar-refractivity contribution in [2.24, 2.45) is 0 Å². The number of nitrogens with two attached hydrogens (primary N) is 1. The lowest BCUT2D eigenvalue weighted by Gasteiger charge is -2.15. The number of nitrogen functional groups attached to an aromatic ring is 1. The van der Waals surface area contributed by atoms with Crippen molar-refractivity contribution >= 4 is 21.6 Å². The van der Waals surface area contributed by atoms with Gasteiger partial charge in [-0.2, -0.15) is 13.2 Å². The van der Waals surface area contributed by atoms with Crippen LogP contribution in [0.1, 0.15) is 11.1 Å². The van der Waals surface area contributed by atoms with Crippen molar-refractivity contribution in [2.75, 3.05) is 5.73 Å². The molecule has 0 aliphatic heterocycles. The highest BCUT2D eigenvalue weighted by Crippen LogP contribution is 2.40. The summed E-state index contributed by atoms with van der Waals surface area (Å²) < 4.78 is 45.0. The maximum Gasteiger partial charge on any atom is 0.420 e. The predicted molar refractivity (Wildman–Crippen MR) is 74.8 cm³/mol. The van der Waals surface area contributed by atoms with Crippen LogP contribution in [0.5, 0.6) is 11.5 Å². The van der Waals surface area contributed by atoms with Crippen LogP contribution in [0, 0.1) is 6.92 Å². The Morgan fingerprint density at radius 1 is 1.05 bits per heavy atom. The zero-order valence-electron chi connectivity index (χ0n) is 10.5. The summed E-state index contributed by atoms with van der Waals surface area (Å²) in [5.74, 6) is 0.0857. The van der Waals surface area contributed by atoms with Gasteiger partial charge in [0.05, 0.1) is 0 Å². The van der Waals surface area contributed by atoms with Gasteiger partial charge in [0.25, 0.3) is 0 Å². The topological polar surface area (TPSA) is 35.2 Å². The standard InChI is InChI=1S/C14H11BrF3NO/c1-8-2-3-9(15)6-13(8)20-12-5-4-10(19)7-11(12)14(16,17)18/h2-7H,19H2,1H3. The van der Waals surface area contributed by atoms with E-state index < -0.39 is 11.7 Å². The Labute approximate surface area is 122 Å².